The molecule has 25 heavy (non-hydrogen) atoms. The Morgan fingerprint density at radius 3 is 3.00 bits per heavy atom. The van der Waals surface area contributed by atoms with E-state index in [4.69, 9.17) is 9.15 Å². The summed E-state index contributed by atoms with van der Waals surface area (Å²) in [6.07, 6.45) is 0.695. The number of ether oxygens (including phenoxy) is 1. The van der Waals surface area contributed by atoms with Crippen molar-refractivity contribution in [3.05, 3.63) is 50.7 Å². The minimum atomic E-state index is -0.492. The standard InChI is InChI=1S/C16H17N3O5S/c1-23-6-2-5-19-15(22)17-18-16(19)25-9-10-7-14(21)24-13-8-11(20)3-4-12(10)13/h3-4,7-8,20H,2,5-6,9H2,1H3,(H,17,22). The summed E-state index contributed by atoms with van der Waals surface area (Å²) in [6, 6.07) is 6.04. The number of aromatic amines is 1. The second-order valence-electron chi connectivity index (χ2n) is 5.37. The Labute approximate surface area is 146 Å². The normalized spacial score (nSPS) is 11.2. The summed E-state index contributed by atoms with van der Waals surface area (Å²) >= 11 is 1.34. The molecule has 0 saturated carbocycles. The van der Waals surface area contributed by atoms with Crippen LogP contribution in [0.15, 0.2) is 43.4 Å². The van der Waals surface area contributed by atoms with E-state index in [2.05, 4.69) is 10.2 Å². The summed E-state index contributed by atoms with van der Waals surface area (Å²) in [4.78, 5) is 23.6. The monoisotopic (exact) mass is 363 g/mol. The fraction of sp³-hybridized carbons (Fsp3) is 0.312. The van der Waals surface area contributed by atoms with Gasteiger partial charge < -0.3 is 14.3 Å². The van der Waals surface area contributed by atoms with Crippen molar-refractivity contribution in [1.82, 2.24) is 14.8 Å². The van der Waals surface area contributed by atoms with E-state index >= 15 is 0 Å². The molecule has 0 saturated heterocycles. The number of nitrogens with one attached hydrogen (secondary N) is 1. The Kier molecular flexibility index (Phi) is 5.25. The first kappa shape index (κ1) is 17.3. The van der Waals surface area contributed by atoms with Crippen LogP contribution in [0.4, 0.5) is 0 Å². The predicted octanol–water partition coefficient (Wildman–Crippen LogP) is 1.71. The number of H-pyrrole nitrogens is 1. The third kappa shape index (κ3) is 3.94. The van der Waals surface area contributed by atoms with Crippen molar-refractivity contribution in [2.24, 2.45) is 0 Å². The van der Waals surface area contributed by atoms with Gasteiger partial charge in [0, 0.05) is 43.5 Å². The quantitative estimate of drug-likeness (QED) is 0.373. The number of hydrogen-bond donors (Lipinski definition) is 2. The van der Waals surface area contributed by atoms with E-state index in [-0.39, 0.29) is 11.4 Å². The molecule has 0 radical (unpaired) electrons. The van der Waals surface area contributed by atoms with Crippen molar-refractivity contribution in [3.63, 3.8) is 0 Å². The van der Waals surface area contributed by atoms with Crippen LogP contribution in [0.2, 0.25) is 0 Å². The molecule has 0 atom stereocenters. The third-order valence-electron chi connectivity index (χ3n) is 3.62. The van der Waals surface area contributed by atoms with Gasteiger partial charge in [-0.1, -0.05) is 11.8 Å². The van der Waals surface area contributed by atoms with Gasteiger partial charge in [0.2, 0.25) is 0 Å². The number of aromatic nitrogens is 3. The van der Waals surface area contributed by atoms with Gasteiger partial charge >= 0.3 is 11.3 Å². The number of nitrogens with zero attached hydrogens (tertiary/aromatic N) is 2. The molecule has 0 spiro atoms. The zero-order valence-electron chi connectivity index (χ0n) is 13.5. The van der Waals surface area contributed by atoms with Gasteiger partial charge in [0.05, 0.1) is 0 Å². The third-order valence-corrected chi connectivity index (χ3v) is 4.65. The van der Waals surface area contributed by atoms with Crippen molar-refractivity contribution < 1.29 is 14.3 Å². The van der Waals surface area contributed by atoms with Crippen LogP contribution in [-0.4, -0.2) is 33.6 Å². The lowest BCUT2D eigenvalue weighted by Gasteiger charge is -2.07. The molecule has 2 heterocycles. The van der Waals surface area contributed by atoms with Crippen LogP contribution in [0.5, 0.6) is 5.75 Å². The van der Waals surface area contributed by atoms with Gasteiger partial charge in [-0.25, -0.2) is 14.7 Å². The van der Waals surface area contributed by atoms with E-state index in [0.717, 1.165) is 10.9 Å². The van der Waals surface area contributed by atoms with Gasteiger partial charge in [-0.3, -0.25) is 4.57 Å². The number of rotatable bonds is 7. The van der Waals surface area contributed by atoms with Crippen molar-refractivity contribution in [2.45, 2.75) is 23.9 Å². The molecule has 1 aromatic carbocycles. The SMILES string of the molecule is COCCCn1c(SCc2cc(=O)oc3cc(O)ccc23)n[nH]c1=O. The fourth-order valence-electron chi connectivity index (χ4n) is 2.46. The van der Waals surface area contributed by atoms with Crippen molar-refractivity contribution in [2.75, 3.05) is 13.7 Å². The summed E-state index contributed by atoms with van der Waals surface area (Å²) in [5, 5.41) is 17.3. The molecule has 0 aliphatic rings. The lowest BCUT2D eigenvalue weighted by Crippen LogP contribution is -2.18. The molecular formula is C16H17N3O5S. The van der Waals surface area contributed by atoms with Gasteiger partial charge in [0.25, 0.3) is 0 Å². The highest BCUT2D eigenvalue weighted by molar-refractivity contribution is 7.98. The molecule has 0 bridgehead atoms. The Morgan fingerprint density at radius 2 is 2.20 bits per heavy atom. The molecule has 0 aliphatic heterocycles. The van der Waals surface area contributed by atoms with Gasteiger partial charge in [0.1, 0.15) is 11.3 Å². The number of aromatic hydroxyl groups is 1. The van der Waals surface area contributed by atoms with Crippen LogP contribution in [-0.2, 0) is 17.0 Å². The van der Waals surface area contributed by atoms with Crippen molar-refractivity contribution >= 4 is 22.7 Å². The number of hydrogen-bond acceptors (Lipinski definition) is 7. The number of phenols is 1. The summed E-state index contributed by atoms with van der Waals surface area (Å²) in [5.41, 5.74) is 0.298. The number of methoxy groups -OCH3 is 1. The maximum absolute atomic E-state index is 11.8. The first-order chi connectivity index (χ1) is 12.1. The molecule has 2 aromatic heterocycles. The van der Waals surface area contributed by atoms with E-state index in [1.807, 2.05) is 0 Å². The minimum Gasteiger partial charge on any atom is -0.508 e. The molecule has 9 heteroatoms. The first-order valence-corrected chi connectivity index (χ1v) is 8.60. The molecule has 132 valence electrons. The summed E-state index contributed by atoms with van der Waals surface area (Å²) in [7, 11) is 1.61. The molecule has 3 rings (SSSR count). The molecule has 0 unspecified atom stereocenters. The Hall–Kier alpha value is -2.52. The Morgan fingerprint density at radius 1 is 1.36 bits per heavy atom. The van der Waals surface area contributed by atoms with Gasteiger partial charge in [0.15, 0.2) is 5.16 Å². The van der Waals surface area contributed by atoms with E-state index < -0.39 is 5.63 Å². The highest BCUT2D eigenvalue weighted by Gasteiger charge is 2.12. The Bertz CT molecular complexity index is 991. The van der Waals surface area contributed by atoms with Crippen LogP contribution in [0, 0.1) is 0 Å². The van der Waals surface area contributed by atoms with E-state index in [1.54, 1.807) is 17.7 Å². The largest absolute Gasteiger partial charge is 0.508 e. The van der Waals surface area contributed by atoms with Gasteiger partial charge in [-0.05, 0) is 24.1 Å². The molecule has 8 nitrogen and oxygen atoms in total. The van der Waals surface area contributed by atoms with Gasteiger partial charge in [-0.15, -0.1) is 5.10 Å². The van der Waals surface area contributed by atoms with Gasteiger partial charge in [-0.2, -0.15) is 0 Å². The van der Waals surface area contributed by atoms with Crippen LogP contribution >= 0.6 is 11.8 Å². The lowest BCUT2D eigenvalue weighted by atomic mass is 10.1. The molecule has 0 aliphatic carbocycles. The average molecular weight is 363 g/mol. The number of phenolic OH excluding ortho intramolecular Hbond substituents is 1. The number of fused-ring (bicyclic) bond motifs is 1. The van der Waals surface area contributed by atoms with Crippen molar-refractivity contribution in [3.8, 4) is 5.75 Å². The highest BCUT2D eigenvalue weighted by Crippen LogP contribution is 2.26. The topological polar surface area (TPSA) is 110 Å². The van der Waals surface area contributed by atoms with Crippen LogP contribution in [0.25, 0.3) is 11.0 Å². The maximum atomic E-state index is 11.8. The fourth-order valence-corrected chi connectivity index (χ4v) is 3.42. The number of benzene rings is 1. The molecule has 0 amide bonds. The smallest absolute Gasteiger partial charge is 0.343 e. The van der Waals surface area contributed by atoms with E-state index in [1.165, 1.54) is 30.0 Å². The Balaban J connectivity index is 1.84. The van der Waals surface area contributed by atoms with E-state index in [0.29, 0.717) is 36.1 Å². The van der Waals surface area contributed by atoms with Crippen LogP contribution in [0.3, 0.4) is 0 Å². The van der Waals surface area contributed by atoms with Crippen LogP contribution in [0.1, 0.15) is 12.0 Å². The number of thioether (sulfide) groups is 1. The molecular weight excluding hydrogens is 346 g/mol. The summed E-state index contributed by atoms with van der Waals surface area (Å²) < 4.78 is 11.7. The molecule has 0 fully saturated rings. The zero-order chi connectivity index (χ0) is 17.8. The lowest BCUT2D eigenvalue weighted by molar-refractivity contribution is 0.189. The zero-order valence-corrected chi connectivity index (χ0v) is 14.3. The van der Waals surface area contributed by atoms with Crippen LogP contribution < -0.4 is 11.3 Å². The average Bonchev–Trinajstić information content (AvgIpc) is 2.92. The first-order valence-electron chi connectivity index (χ1n) is 7.61. The minimum absolute atomic E-state index is 0.0275. The van der Waals surface area contributed by atoms with E-state index in [9.17, 15) is 14.7 Å². The molecule has 3 aromatic rings. The summed E-state index contributed by atoms with van der Waals surface area (Å²) in [5.74, 6) is 0.460. The second kappa shape index (κ2) is 7.58. The summed E-state index contributed by atoms with van der Waals surface area (Å²) in [6.45, 7) is 1.05. The predicted molar refractivity (Wildman–Crippen MR) is 93.1 cm³/mol. The molecule has 2 N–H and O–H groups in total. The van der Waals surface area contributed by atoms with Crippen molar-refractivity contribution in [1.29, 1.82) is 0 Å². The maximum Gasteiger partial charge on any atom is 0.343 e. The highest BCUT2D eigenvalue weighted by atomic mass is 32.2. The second-order valence-corrected chi connectivity index (χ2v) is 6.31.